The zero-order valence-electron chi connectivity index (χ0n) is 9.81. The minimum atomic E-state index is -0.317. The van der Waals surface area contributed by atoms with Gasteiger partial charge in [-0.25, -0.2) is 0 Å². The Bertz CT molecular complexity index is 293. The van der Waals surface area contributed by atoms with E-state index in [0.717, 1.165) is 18.2 Å². The van der Waals surface area contributed by atoms with Crippen LogP contribution in [0.1, 0.15) is 43.8 Å². The molecule has 3 N–H and O–H groups in total. The van der Waals surface area contributed by atoms with Crippen molar-refractivity contribution in [1.29, 1.82) is 0 Å². The van der Waals surface area contributed by atoms with Crippen molar-refractivity contribution in [1.82, 2.24) is 0 Å². The average Bonchev–Trinajstić information content (AvgIpc) is 2.38. The Morgan fingerprint density at radius 1 is 1.12 bits per heavy atom. The van der Waals surface area contributed by atoms with Crippen LogP contribution in [0.4, 0.5) is 0 Å². The van der Waals surface area contributed by atoms with E-state index in [1.807, 2.05) is 30.3 Å². The van der Waals surface area contributed by atoms with Crippen LogP contribution in [-0.2, 0) is 0 Å². The number of aliphatic hydroxyl groups excluding tert-OH is 1. The monoisotopic (exact) mass is 220 g/mol. The molecule has 0 spiro atoms. The minimum Gasteiger partial charge on any atom is -0.382 e. The predicted octanol–water partition coefficient (Wildman–Crippen LogP) is 1.62. The molecule has 1 aromatic carbocycles. The Labute approximate surface area is 97.7 Å². The number of quaternary nitrogens is 1. The molecule has 88 valence electrons. The summed E-state index contributed by atoms with van der Waals surface area (Å²) in [6.07, 6.45) is 6.45. The van der Waals surface area contributed by atoms with Crippen LogP contribution in [0.25, 0.3) is 0 Å². The molecule has 0 aliphatic heterocycles. The molecule has 2 heteroatoms. The molecule has 0 saturated heterocycles. The van der Waals surface area contributed by atoms with Gasteiger partial charge >= 0.3 is 0 Å². The zero-order chi connectivity index (χ0) is 11.2. The van der Waals surface area contributed by atoms with Crippen LogP contribution in [0.3, 0.4) is 0 Å². The van der Waals surface area contributed by atoms with Gasteiger partial charge in [0.15, 0.2) is 0 Å². The summed E-state index contributed by atoms with van der Waals surface area (Å²) in [5.41, 5.74) is 1.04. The number of aliphatic hydroxyl groups is 1. The fraction of sp³-hybridized carbons (Fsp3) is 0.571. The second kappa shape index (κ2) is 6.02. The second-order valence-electron chi connectivity index (χ2n) is 4.80. The zero-order valence-corrected chi connectivity index (χ0v) is 9.81. The molecule has 0 aromatic heterocycles. The lowest BCUT2D eigenvalue weighted by Gasteiger charge is -2.21. The minimum absolute atomic E-state index is 0.317. The topological polar surface area (TPSA) is 36.8 Å². The maximum atomic E-state index is 10.0. The highest BCUT2D eigenvalue weighted by molar-refractivity contribution is 5.16. The highest BCUT2D eigenvalue weighted by Gasteiger charge is 2.18. The summed E-state index contributed by atoms with van der Waals surface area (Å²) in [5, 5.41) is 12.4. The van der Waals surface area contributed by atoms with Crippen LogP contribution in [-0.4, -0.2) is 17.7 Å². The molecule has 1 fully saturated rings. The van der Waals surface area contributed by atoms with E-state index in [9.17, 15) is 5.11 Å². The third-order valence-corrected chi connectivity index (χ3v) is 3.53. The van der Waals surface area contributed by atoms with Gasteiger partial charge in [-0.05, 0) is 31.2 Å². The van der Waals surface area contributed by atoms with E-state index >= 15 is 0 Å². The lowest BCUT2D eigenvalue weighted by molar-refractivity contribution is -0.698. The predicted molar refractivity (Wildman–Crippen MR) is 65.1 cm³/mol. The van der Waals surface area contributed by atoms with E-state index < -0.39 is 0 Å². The third kappa shape index (κ3) is 3.32. The van der Waals surface area contributed by atoms with Crippen molar-refractivity contribution >= 4 is 0 Å². The molecule has 1 saturated carbocycles. The van der Waals surface area contributed by atoms with Gasteiger partial charge < -0.3 is 10.4 Å². The van der Waals surface area contributed by atoms with E-state index in [4.69, 9.17) is 0 Å². The van der Waals surface area contributed by atoms with E-state index in [2.05, 4.69) is 5.32 Å². The van der Waals surface area contributed by atoms with Gasteiger partial charge in [0, 0.05) is 0 Å². The van der Waals surface area contributed by atoms with Crippen molar-refractivity contribution < 1.29 is 10.4 Å². The van der Waals surface area contributed by atoms with Crippen LogP contribution in [0.2, 0.25) is 0 Å². The summed E-state index contributed by atoms with van der Waals surface area (Å²) in [5.74, 6) is 0. The quantitative estimate of drug-likeness (QED) is 0.795. The molecular weight excluding hydrogens is 198 g/mol. The van der Waals surface area contributed by atoms with Gasteiger partial charge in [-0.3, -0.25) is 0 Å². The molecule has 16 heavy (non-hydrogen) atoms. The van der Waals surface area contributed by atoms with Gasteiger partial charge in [0.25, 0.3) is 0 Å². The molecule has 0 bridgehead atoms. The molecule has 0 heterocycles. The van der Waals surface area contributed by atoms with Gasteiger partial charge in [-0.15, -0.1) is 0 Å². The molecule has 1 aliphatic carbocycles. The summed E-state index contributed by atoms with van der Waals surface area (Å²) < 4.78 is 0. The van der Waals surface area contributed by atoms with Crippen LogP contribution < -0.4 is 5.32 Å². The smallest absolute Gasteiger partial charge is 0.128 e. The van der Waals surface area contributed by atoms with E-state index in [0.29, 0.717) is 0 Å². The standard InChI is InChI=1S/C14H21NO/c16-14(12-7-3-1-4-8-12)11-15-13-9-5-2-6-10-13/h1,3-4,7-8,13-16H,2,5-6,9-11H2/p+1/t14-/m1/s1. The Balaban J connectivity index is 1.77. The number of hydrogen-bond donors (Lipinski definition) is 2. The van der Waals surface area contributed by atoms with Gasteiger partial charge in [-0.2, -0.15) is 0 Å². The normalized spacial score (nSPS) is 19.6. The summed E-state index contributed by atoms with van der Waals surface area (Å²) in [6, 6.07) is 10.7. The molecule has 2 nitrogen and oxygen atoms in total. The molecule has 0 unspecified atom stereocenters. The van der Waals surface area contributed by atoms with Crippen LogP contribution >= 0.6 is 0 Å². The molecular formula is C14H22NO+. The lowest BCUT2D eigenvalue weighted by Crippen LogP contribution is -2.91. The highest BCUT2D eigenvalue weighted by atomic mass is 16.3. The number of hydrogen-bond acceptors (Lipinski definition) is 1. The SMILES string of the molecule is O[C@H](C[NH2+]C1CCCCC1)c1ccccc1. The van der Waals surface area contributed by atoms with E-state index in [-0.39, 0.29) is 6.10 Å². The molecule has 1 atom stereocenters. The number of nitrogens with two attached hydrogens (primary N) is 1. The summed E-state index contributed by atoms with van der Waals surface area (Å²) >= 11 is 0. The van der Waals surface area contributed by atoms with Gasteiger partial charge in [0.05, 0.1) is 6.04 Å². The first kappa shape index (κ1) is 11.6. The lowest BCUT2D eigenvalue weighted by atomic mass is 9.95. The van der Waals surface area contributed by atoms with Crippen molar-refractivity contribution in [2.24, 2.45) is 0 Å². The van der Waals surface area contributed by atoms with Gasteiger partial charge in [-0.1, -0.05) is 36.8 Å². The van der Waals surface area contributed by atoms with E-state index in [1.165, 1.54) is 32.1 Å². The first-order valence-electron chi connectivity index (χ1n) is 6.42. The third-order valence-electron chi connectivity index (χ3n) is 3.53. The molecule has 0 radical (unpaired) electrons. The highest BCUT2D eigenvalue weighted by Crippen LogP contribution is 2.15. The first-order valence-corrected chi connectivity index (χ1v) is 6.42. The molecule has 0 amide bonds. The summed E-state index contributed by atoms with van der Waals surface area (Å²) in [6.45, 7) is 0.800. The summed E-state index contributed by atoms with van der Waals surface area (Å²) in [7, 11) is 0. The van der Waals surface area contributed by atoms with Crippen LogP contribution in [0, 0.1) is 0 Å². The van der Waals surface area contributed by atoms with Crippen LogP contribution in [0.15, 0.2) is 30.3 Å². The van der Waals surface area contributed by atoms with Gasteiger partial charge in [0.1, 0.15) is 12.6 Å². The first-order chi connectivity index (χ1) is 7.86. The van der Waals surface area contributed by atoms with Crippen LogP contribution in [0.5, 0.6) is 0 Å². The molecule has 1 aliphatic rings. The molecule has 2 rings (SSSR count). The Hall–Kier alpha value is -0.860. The molecule has 1 aromatic rings. The second-order valence-corrected chi connectivity index (χ2v) is 4.80. The maximum Gasteiger partial charge on any atom is 0.128 e. The fourth-order valence-corrected chi connectivity index (χ4v) is 2.50. The van der Waals surface area contributed by atoms with Crippen molar-refractivity contribution in [2.45, 2.75) is 44.2 Å². The van der Waals surface area contributed by atoms with Gasteiger partial charge in [0.2, 0.25) is 0 Å². The largest absolute Gasteiger partial charge is 0.382 e. The number of benzene rings is 1. The van der Waals surface area contributed by atoms with Crippen molar-refractivity contribution in [3.8, 4) is 0 Å². The Morgan fingerprint density at radius 3 is 2.50 bits per heavy atom. The van der Waals surface area contributed by atoms with Crippen molar-refractivity contribution in [3.05, 3.63) is 35.9 Å². The average molecular weight is 220 g/mol. The van der Waals surface area contributed by atoms with E-state index in [1.54, 1.807) is 0 Å². The summed E-state index contributed by atoms with van der Waals surface area (Å²) in [4.78, 5) is 0. The maximum absolute atomic E-state index is 10.0. The van der Waals surface area contributed by atoms with Crippen molar-refractivity contribution in [3.63, 3.8) is 0 Å². The van der Waals surface area contributed by atoms with Crippen molar-refractivity contribution in [2.75, 3.05) is 6.54 Å². The fourth-order valence-electron chi connectivity index (χ4n) is 2.50. The Morgan fingerprint density at radius 2 is 1.81 bits per heavy atom. The Kier molecular flexibility index (Phi) is 4.37. The number of rotatable bonds is 4.